The minimum atomic E-state index is -0.628. The highest BCUT2D eigenvalue weighted by Crippen LogP contribution is 2.24. The number of rotatable bonds is 9. The van der Waals surface area contributed by atoms with Crippen LogP contribution in [0.2, 0.25) is 5.02 Å². The lowest BCUT2D eigenvalue weighted by molar-refractivity contribution is -0.138. The van der Waals surface area contributed by atoms with E-state index in [4.69, 9.17) is 11.6 Å². The quantitative estimate of drug-likeness (QED) is 0.587. The van der Waals surface area contributed by atoms with Gasteiger partial charge in [0.25, 0.3) is 0 Å². The smallest absolute Gasteiger partial charge is 0.242 e. The molecule has 2 aromatic carbocycles. The number of nitrogens with zero attached hydrogens (tertiary/aromatic N) is 1. The first-order valence-corrected chi connectivity index (χ1v) is 11.4. The van der Waals surface area contributed by atoms with Crippen LogP contribution in [-0.2, 0) is 21.9 Å². The zero-order chi connectivity index (χ0) is 22.3. The maximum absolute atomic E-state index is 14.0. The Kier molecular flexibility index (Phi) is 9.18. The number of halogens is 2. The average Bonchev–Trinajstić information content (AvgIpc) is 2.68. The molecule has 0 spiro atoms. The van der Waals surface area contributed by atoms with E-state index in [0.29, 0.717) is 17.1 Å². The molecule has 1 unspecified atom stereocenters. The van der Waals surface area contributed by atoms with Crippen LogP contribution in [0.25, 0.3) is 0 Å². The molecular formula is C23H28ClFN2O2S. The summed E-state index contributed by atoms with van der Waals surface area (Å²) < 4.78 is 14.0. The van der Waals surface area contributed by atoms with Gasteiger partial charge in [-0.3, -0.25) is 9.59 Å². The van der Waals surface area contributed by atoms with Gasteiger partial charge in [0.15, 0.2) is 0 Å². The molecule has 4 nitrogen and oxygen atoms in total. The van der Waals surface area contributed by atoms with E-state index >= 15 is 0 Å². The summed E-state index contributed by atoms with van der Waals surface area (Å²) in [7, 11) is 0. The molecule has 2 amide bonds. The predicted octanol–water partition coefficient (Wildman–Crippen LogP) is 4.96. The summed E-state index contributed by atoms with van der Waals surface area (Å²) in [5.41, 5.74) is 2.42. The number of benzene rings is 2. The standard InChI is InChI=1S/C23H28ClFN2O2S/c1-15(2)26-23(29)17(4)27(12-18-9-6-5-8-16(18)3)22(28)14-30-13-19-20(24)10-7-11-21(19)25/h5-11,15,17H,12-14H2,1-4H3,(H,26,29). The Hall–Kier alpha value is -2.05. The van der Waals surface area contributed by atoms with Crippen molar-refractivity contribution in [3.63, 3.8) is 0 Å². The second-order valence-electron chi connectivity index (χ2n) is 7.48. The molecule has 1 atom stereocenters. The lowest BCUT2D eigenvalue weighted by atomic mass is 10.1. The second-order valence-corrected chi connectivity index (χ2v) is 8.87. The highest BCUT2D eigenvalue weighted by molar-refractivity contribution is 7.99. The van der Waals surface area contributed by atoms with Gasteiger partial charge >= 0.3 is 0 Å². The van der Waals surface area contributed by atoms with Gasteiger partial charge in [-0.25, -0.2) is 4.39 Å². The molecule has 2 rings (SSSR count). The minimum absolute atomic E-state index is 0.0204. The maximum Gasteiger partial charge on any atom is 0.242 e. The molecular weight excluding hydrogens is 423 g/mol. The van der Waals surface area contributed by atoms with E-state index in [0.717, 1.165) is 11.1 Å². The minimum Gasteiger partial charge on any atom is -0.352 e. The first kappa shape index (κ1) is 24.2. The zero-order valence-electron chi connectivity index (χ0n) is 17.7. The number of aryl methyl sites for hydroxylation is 1. The molecule has 0 aliphatic heterocycles. The topological polar surface area (TPSA) is 49.4 Å². The van der Waals surface area contributed by atoms with Gasteiger partial charge in [0.2, 0.25) is 11.8 Å². The number of nitrogens with one attached hydrogen (secondary N) is 1. The van der Waals surface area contributed by atoms with E-state index in [1.807, 2.05) is 45.0 Å². The molecule has 0 aliphatic carbocycles. The number of hydrogen-bond acceptors (Lipinski definition) is 3. The molecule has 1 N–H and O–H groups in total. The first-order chi connectivity index (χ1) is 14.2. The SMILES string of the molecule is Cc1ccccc1CN(C(=O)CSCc1c(F)cccc1Cl)C(C)C(=O)NC(C)C. The molecule has 0 aliphatic rings. The number of hydrogen-bond donors (Lipinski definition) is 1. The molecule has 7 heteroatoms. The Bertz CT molecular complexity index is 871. The molecule has 162 valence electrons. The van der Waals surface area contributed by atoms with Gasteiger partial charge in [-0.15, -0.1) is 11.8 Å². The van der Waals surface area contributed by atoms with Gasteiger partial charge in [-0.05, 0) is 51.0 Å². The molecule has 0 radical (unpaired) electrons. The third-order valence-electron chi connectivity index (χ3n) is 4.73. The largest absolute Gasteiger partial charge is 0.352 e. The lowest BCUT2D eigenvalue weighted by Crippen LogP contribution is -2.49. The van der Waals surface area contributed by atoms with Gasteiger partial charge in [0.1, 0.15) is 11.9 Å². The van der Waals surface area contributed by atoms with Crippen LogP contribution >= 0.6 is 23.4 Å². The average molecular weight is 451 g/mol. The van der Waals surface area contributed by atoms with E-state index in [1.54, 1.807) is 24.0 Å². The normalized spacial score (nSPS) is 12.0. The fraction of sp³-hybridized carbons (Fsp3) is 0.391. The first-order valence-electron chi connectivity index (χ1n) is 9.85. The monoisotopic (exact) mass is 450 g/mol. The summed E-state index contributed by atoms with van der Waals surface area (Å²) in [5.74, 6) is -0.363. The number of thioether (sulfide) groups is 1. The molecule has 0 heterocycles. The Morgan fingerprint density at radius 3 is 2.47 bits per heavy atom. The van der Waals surface area contributed by atoms with Crippen molar-refractivity contribution >= 4 is 35.2 Å². The van der Waals surface area contributed by atoms with E-state index < -0.39 is 6.04 Å². The van der Waals surface area contributed by atoms with Crippen molar-refractivity contribution in [2.45, 2.75) is 52.1 Å². The van der Waals surface area contributed by atoms with Crippen molar-refractivity contribution in [2.75, 3.05) is 5.75 Å². The zero-order valence-corrected chi connectivity index (χ0v) is 19.3. The molecule has 0 saturated carbocycles. The van der Waals surface area contributed by atoms with Crippen LogP contribution < -0.4 is 5.32 Å². The summed E-state index contributed by atoms with van der Waals surface area (Å²) in [6.45, 7) is 7.80. The van der Waals surface area contributed by atoms with Crippen LogP contribution in [0.1, 0.15) is 37.5 Å². The molecule has 30 heavy (non-hydrogen) atoms. The van der Waals surface area contributed by atoms with E-state index in [1.165, 1.54) is 17.8 Å². The van der Waals surface area contributed by atoms with Crippen LogP contribution in [-0.4, -0.2) is 34.6 Å². The molecule has 0 bridgehead atoms. The van der Waals surface area contributed by atoms with Crippen molar-refractivity contribution in [1.29, 1.82) is 0 Å². The summed E-state index contributed by atoms with van der Waals surface area (Å²) in [6, 6.07) is 11.7. The van der Waals surface area contributed by atoms with Gasteiger partial charge in [-0.1, -0.05) is 41.9 Å². The number of carbonyl (C=O) groups excluding carboxylic acids is 2. The van der Waals surface area contributed by atoms with Crippen LogP contribution in [0.4, 0.5) is 4.39 Å². The summed E-state index contributed by atoms with van der Waals surface area (Å²) in [4.78, 5) is 27.2. The third kappa shape index (κ3) is 6.74. The molecule has 0 fully saturated rings. The Morgan fingerprint density at radius 1 is 1.13 bits per heavy atom. The van der Waals surface area contributed by atoms with Crippen molar-refractivity contribution in [2.24, 2.45) is 0 Å². The van der Waals surface area contributed by atoms with Crippen LogP contribution in [0.15, 0.2) is 42.5 Å². The van der Waals surface area contributed by atoms with Crippen molar-refractivity contribution in [1.82, 2.24) is 10.2 Å². The Labute approximate surface area is 187 Å². The number of carbonyl (C=O) groups is 2. The summed E-state index contributed by atoms with van der Waals surface area (Å²) in [5, 5.41) is 3.21. The van der Waals surface area contributed by atoms with Crippen molar-refractivity contribution in [3.05, 3.63) is 70.0 Å². The fourth-order valence-electron chi connectivity index (χ4n) is 2.95. The Morgan fingerprint density at radius 2 is 1.83 bits per heavy atom. The number of amides is 2. The second kappa shape index (κ2) is 11.4. The van der Waals surface area contributed by atoms with Gasteiger partial charge in [-0.2, -0.15) is 0 Å². The molecule has 2 aromatic rings. The fourth-order valence-corrected chi connectivity index (χ4v) is 4.20. The van der Waals surface area contributed by atoms with E-state index in [-0.39, 0.29) is 35.2 Å². The molecule has 0 saturated heterocycles. The third-order valence-corrected chi connectivity index (χ3v) is 6.03. The van der Waals surface area contributed by atoms with Crippen LogP contribution in [0.3, 0.4) is 0 Å². The van der Waals surface area contributed by atoms with Gasteiger partial charge in [0.05, 0.1) is 5.75 Å². The van der Waals surface area contributed by atoms with Crippen LogP contribution in [0, 0.1) is 12.7 Å². The van der Waals surface area contributed by atoms with Crippen LogP contribution in [0.5, 0.6) is 0 Å². The summed E-state index contributed by atoms with van der Waals surface area (Å²) in [6.07, 6.45) is 0. The van der Waals surface area contributed by atoms with Gasteiger partial charge in [0, 0.05) is 28.9 Å². The highest BCUT2D eigenvalue weighted by atomic mass is 35.5. The molecule has 0 aromatic heterocycles. The summed E-state index contributed by atoms with van der Waals surface area (Å²) >= 11 is 7.35. The Balaban J connectivity index is 2.13. The highest BCUT2D eigenvalue weighted by Gasteiger charge is 2.26. The lowest BCUT2D eigenvalue weighted by Gasteiger charge is -2.30. The van der Waals surface area contributed by atoms with E-state index in [9.17, 15) is 14.0 Å². The van der Waals surface area contributed by atoms with Gasteiger partial charge < -0.3 is 10.2 Å². The maximum atomic E-state index is 14.0. The van der Waals surface area contributed by atoms with Crippen molar-refractivity contribution in [3.8, 4) is 0 Å². The predicted molar refractivity (Wildman–Crippen MR) is 122 cm³/mol. The van der Waals surface area contributed by atoms with E-state index in [2.05, 4.69) is 5.32 Å². The van der Waals surface area contributed by atoms with Crippen molar-refractivity contribution < 1.29 is 14.0 Å².